The van der Waals surface area contributed by atoms with E-state index < -0.39 is 20.9 Å². The molecule has 0 aliphatic heterocycles. The van der Waals surface area contributed by atoms with Gasteiger partial charge < -0.3 is 5.32 Å². The summed E-state index contributed by atoms with van der Waals surface area (Å²) in [7, 11) is -3.46. The van der Waals surface area contributed by atoms with Crippen LogP contribution in [0, 0.1) is 17.0 Å². The molecule has 9 heteroatoms. The number of hydrogen-bond acceptors (Lipinski definition) is 5. The van der Waals surface area contributed by atoms with Crippen molar-refractivity contribution < 1.29 is 18.1 Å². The van der Waals surface area contributed by atoms with Crippen LogP contribution in [0.2, 0.25) is 0 Å². The number of nitro groups is 1. The number of amides is 1. The fourth-order valence-electron chi connectivity index (χ4n) is 2.03. The van der Waals surface area contributed by atoms with Crippen molar-refractivity contribution in [3.63, 3.8) is 0 Å². The van der Waals surface area contributed by atoms with E-state index in [-0.39, 0.29) is 22.6 Å². The van der Waals surface area contributed by atoms with Crippen molar-refractivity contribution in [3.8, 4) is 0 Å². The molecule has 0 atom stereocenters. The first kappa shape index (κ1) is 17.4. The average Bonchev–Trinajstić information content (AvgIpc) is 2.47. The third-order valence-corrected chi connectivity index (χ3v) is 3.70. The minimum Gasteiger partial charge on any atom is -0.322 e. The van der Waals surface area contributed by atoms with Crippen LogP contribution in [0.1, 0.15) is 15.9 Å². The molecule has 0 unspecified atom stereocenters. The average molecular weight is 349 g/mol. The largest absolute Gasteiger partial charge is 0.322 e. The highest BCUT2D eigenvalue weighted by Crippen LogP contribution is 2.23. The van der Waals surface area contributed by atoms with E-state index in [9.17, 15) is 23.3 Å². The zero-order chi connectivity index (χ0) is 17.9. The molecule has 2 aromatic carbocycles. The van der Waals surface area contributed by atoms with Crippen LogP contribution in [-0.2, 0) is 10.0 Å². The SMILES string of the molecule is Cc1ccc(NC(=O)c2cccc(NS(C)(=O)=O)c2)cc1[N+](=O)[O-]. The van der Waals surface area contributed by atoms with E-state index in [1.54, 1.807) is 13.0 Å². The van der Waals surface area contributed by atoms with E-state index in [4.69, 9.17) is 0 Å². The smallest absolute Gasteiger partial charge is 0.274 e. The van der Waals surface area contributed by atoms with Gasteiger partial charge in [-0.05, 0) is 31.2 Å². The van der Waals surface area contributed by atoms with Crippen LogP contribution in [-0.4, -0.2) is 25.5 Å². The zero-order valence-corrected chi connectivity index (χ0v) is 13.8. The lowest BCUT2D eigenvalue weighted by Crippen LogP contribution is -2.14. The second kappa shape index (κ2) is 6.67. The van der Waals surface area contributed by atoms with Gasteiger partial charge in [-0.25, -0.2) is 8.42 Å². The molecular formula is C15H15N3O5S. The molecule has 0 saturated heterocycles. The number of benzene rings is 2. The van der Waals surface area contributed by atoms with E-state index in [2.05, 4.69) is 10.0 Å². The minimum absolute atomic E-state index is 0.0970. The first-order chi connectivity index (χ1) is 11.2. The highest BCUT2D eigenvalue weighted by atomic mass is 32.2. The van der Waals surface area contributed by atoms with Crippen molar-refractivity contribution in [2.24, 2.45) is 0 Å². The van der Waals surface area contributed by atoms with Crippen molar-refractivity contribution in [2.75, 3.05) is 16.3 Å². The van der Waals surface area contributed by atoms with Gasteiger partial charge in [0.05, 0.1) is 11.2 Å². The Bertz CT molecular complexity index is 909. The van der Waals surface area contributed by atoms with E-state index in [1.807, 2.05) is 0 Å². The van der Waals surface area contributed by atoms with Gasteiger partial charge in [-0.2, -0.15) is 0 Å². The second-order valence-electron chi connectivity index (χ2n) is 5.17. The Labute approximate surface area is 138 Å². The molecule has 0 bridgehead atoms. The van der Waals surface area contributed by atoms with Crippen molar-refractivity contribution in [3.05, 3.63) is 63.7 Å². The summed E-state index contributed by atoms with van der Waals surface area (Å²) >= 11 is 0. The maximum absolute atomic E-state index is 12.2. The van der Waals surface area contributed by atoms with E-state index >= 15 is 0 Å². The van der Waals surface area contributed by atoms with E-state index in [1.165, 1.54) is 36.4 Å². The lowest BCUT2D eigenvalue weighted by molar-refractivity contribution is -0.385. The molecule has 1 amide bonds. The third kappa shape index (κ3) is 4.53. The number of nitrogens with zero attached hydrogens (tertiary/aromatic N) is 1. The first-order valence-corrected chi connectivity index (χ1v) is 8.69. The molecule has 2 rings (SSSR count). The minimum atomic E-state index is -3.46. The Morgan fingerprint density at radius 3 is 2.46 bits per heavy atom. The van der Waals surface area contributed by atoms with Gasteiger partial charge in [-0.15, -0.1) is 0 Å². The number of rotatable bonds is 5. The van der Waals surface area contributed by atoms with Gasteiger partial charge in [0.15, 0.2) is 0 Å². The van der Waals surface area contributed by atoms with Gasteiger partial charge >= 0.3 is 0 Å². The van der Waals surface area contributed by atoms with E-state index in [0.29, 0.717) is 5.56 Å². The molecule has 0 aliphatic carbocycles. The van der Waals surface area contributed by atoms with Crippen LogP contribution in [0.3, 0.4) is 0 Å². The van der Waals surface area contributed by atoms with Crippen molar-refractivity contribution in [2.45, 2.75) is 6.92 Å². The van der Waals surface area contributed by atoms with Gasteiger partial charge in [0.2, 0.25) is 10.0 Å². The molecule has 0 saturated carbocycles. The standard InChI is InChI=1S/C15H15N3O5S/c1-10-6-7-12(9-14(10)18(20)21)16-15(19)11-4-3-5-13(8-11)17-24(2,22)23/h3-9,17H,1-2H3,(H,16,19). The van der Waals surface area contributed by atoms with Crippen molar-refractivity contribution in [1.29, 1.82) is 0 Å². The summed E-state index contributed by atoms with van der Waals surface area (Å²) in [6.45, 7) is 1.60. The summed E-state index contributed by atoms with van der Waals surface area (Å²) in [4.78, 5) is 22.6. The van der Waals surface area contributed by atoms with Crippen LogP contribution in [0.25, 0.3) is 0 Å². The summed E-state index contributed by atoms with van der Waals surface area (Å²) in [5, 5.41) is 13.5. The predicted molar refractivity (Wildman–Crippen MR) is 90.7 cm³/mol. The Kier molecular flexibility index (Phi) is 4.84. The number of nitrogens with one attached hydrogen (secondary N) is 2. The van der Waals surface area contributed by atoms with Crippen LogP contribution in [0.5, 0.6) is 0 Å². The zero-order valence-electron chi connectivity index (χ0n) is 12.9. The Hall–Kier alpha value is -2.94. The monoisotopic (exact) mass is 349 g/mol. The number of sulfonamides is 1. The third-order valence-electron chi connectivity index (χ3n) is 3.09. The van der Waals surface area contributed by atoms with Crippen molar-refractivity contribution in [1.82, 2.24) is 0 Å². The van der Waals surface area contributed by atoms with Gasteiger partial charge in [0, 0.05) is 28.6 Å². The first-order valence-electron chi connectivity index (χ1n) is 6.80. The van der Waals surface area contributed by atoms with Gasteiger partial charge in [0.1, 0.15) is 0 Å². The number of carbonyl (C=O) groups is 1. The molecule has 2 N–H and O–H groups in total. The summed E-state index contributed by atoms with van der Waals surface area (Å²) in [5.41, 5.74) is 1.13. The molecule has 0 fully saturated rings. The molecule has 2 aromatic rings. The predicted octanol–water partition coefficient (Wildman–Crippen LogP) is 2.53. The summed E-state index contributed by atoms with van der Waals surface area (Å²) in [6, 6.07) is 10.3. The van der Waals surface area contributed by atoms with Crippen molar-refractivity contribution >= 4 is 33.0 Å². The quantitative estimate of drug-likeness (QED) is 0.635. The van der Waals surface area contributed by atoms with Gasteiger partial charge in [-0.1, -0.05) is 12.1 Å². The normalized spacial score (nSPS) is 10.9. The topological polar surface area (TPSA) is 118 Å². The van der Waals surface area contributed by atoms with E-state index in [0.717, 1.165) is 6.26 Å². The molecule has 0 spiro atoms. The number of anilines is 2. The lowest BCUT2D eigenvalue weighted by Gasteiger charge is -2.08. The van der Waals surface area contributed by atoms with Gasteiger partial charge in [-0.3, -0.25) is 19.6 Å². The molecule has 0 aromatic heterocycles. The molecule has 24 heavy (non-hydrogen) atoms. The second-order valence-corrected chi connectivity index (χ2v) is 6.92. The highest BCUT2D eigenvalue weighted by Gasteiger charge is 2.13. The summed E-state index contributed by atoms with van der Waals surface area (Å²) in [6.07, 6.45) is 1.01. The Morgan fingerprint density at radius 1 is 1.12 bits per heavy atom. The van der Waals surface area contributed by atoms with Gasteiger partial charge in [0.25, 0.3) is 11.6 Å². The number of aryl methyl sites for hydroxylation is 1. The number of carbonyl (C=O) groups excluding carboxylic acids is 1. The Morgan fingerprint density at radius 2 is 1.83 bits per heavy atom. The molecule has 0 radical (unpaired) electrons. The molecule has 0 heterocycles. The molecule has 126 valence electrons. The fourth-order valence-corrected chi connectivity index (χ4v) is 2.58. The molecule has 0 aliphatic rings. The number of hydrogen-bond donors (Lipinski definition) is 2. The van der Waals surface area contributed by atoms with Crippen LogP contribution in [0.4, 0.5) is 17.1 Å². The fraction of sp³-hybridized carbons (Fsp3) is 0.133. The molecular weight excluding hydrogens is 334 g/mol. The lowest BCUT2D eigenvalue weighted by atomic mass is 10.1. The summed E-state index contributed by atoms with van der Waals surface area (Å²) < 4.78 is 24.7. The maximum Gasteiger partial charge on any atom is 0.274 e. The Balaban J connectivity index is 2.23. The maximum atomic E-state index is 12.2. The number of nitro benzene ring substituents is 1. The van der Waals surface area contributed by atoms with Crippen LogP contribution in [0.15, 0.2) is 42.5 Å². The highest BCUT2D eigenvalue weighted by molar-refractivity contribution is 7.92. The van der Waals surface area contributed by atoms with Crippen LogP contribution < -0.4 is 10.0 Å². The summed E-state index contributed by atoms with van der Waals surface area (Å²) in [5.74, 6) is -0.509. The molecule has 8 nitrogen and oxygen atoms in total. The van der Waals surface area contributed by atoms with Crippen LogP contribution >= 0.6 is 0 Å².